The summed E-state index contributed by atoms with van der Waals surface area (Å²) >= 11 is 0. The molecule has 0 saturated carbocycles. The Bertz CT molecular complexity index is 437. The van der Waals surface area contributed by atoms with Gasteiger partial charge in [-0.3, -0.25) is 0 Å². The average molecular weight is 289 g/mol. The van der Waals surface area contributed by atoms with Crippen LogP contribution in [0.1, 0.15) is 39.0 Å². The second-order valence-electron chi connectivity index (χ2n) is 6.20. The number of aromatic nitrogens is 1. The summed E-state index contributed by atoms with van der Waals surface area (Å²) in [5.74, 6) is 2.81. The molecule has 0 amide bonds. The number of anilines is 1. The zero-order valence-corrected chi connectivity index (χ0v) is 13.1. The Hall–Kier alpha value is -1.29. The van der Waals surface area contributed by atoms with Gasteiger partial charge < -0.3 is 15.0 Å². The standard InChI is InChI=1S/C17H27N3O/c1-2-13-21-16-6-4-10-19-17(16)20-11-7-14(8-12-20)15-5-3-9-18-15/h4,6,10,14-15,18H,2-3,5,7-9,11-13H2,1H3. The summed E-state index contributed by atoms with van der Waals surface area (Å²) in [5, 5.41) is 3.66. The predicted octanol–water partition coefficient (Wildman–Crippen LogP) is 2.84. The number of rotatable bonds is 5. The maximum Gasteiger partial charge on any atom is 0.171 e. The molecule has 3 heterocycles. The summed E-state index contributed by atoms with van der Waals surface area (Å²) < 4.78 is 5.85. The molecule has 1 unspecified atom stereocenters. The van der Waals surface area contributed by atoms with E-state index >= 15 is 0 Å². The normalized spacial score (nSPS) is 23.5. The van der Waals surface area contributed by atoms with E-state index in [1.807, 2.05) is 18.3 Å². The molecule has 1 N–H and O–H groups in total. The Kier molecular flexibility index (Phi) is 4.96. The first-order valence-corrected chi connectivity index (χ1v) is 8.44. The summed E-state index contributed by atoms with van der Waals surface area (Å²) in [6.07, 6.45) is 8.14. The van der Waals surface area contributed by atoms with Crippen LogP contribution in [-0.4, -0.2) is 37.3 Å². The molecular formula is C17H27N3O. The van der Waals surface area contributed by atoms with Crippen molar-refractivity contribution in [3.05, 3.63) is 18.3 Å². The lowest BCUT2D eigenvalue weighted by Gasteiger charge is -2.36. The van der Waals surface area contributed by atoms with E-state index < -0.39 is 0 Å². The SMILES string of the molecule is CCCOc1cccnc1N1CCC(C2CCCN2)CC1. The van der Waals surface area contributed by atoms with Crippen molar-refractivity contribution in [1.29, 1.82) is 0 Å². The second-order valence-corrected chi connectivity index (χ2v) is 6.20. The van der Waals surface area contributed by atoms with Gasteiger partial charge in [0.25, 0.3) is 0 Å². The van der Waals surface area contributed by atoms with Crippen LogP contribution in [0.25, 0.3) is 0 Å². The van der Waals surface area contributed by atoms with E-state index in [4.69, 9.17) is 4.74 Å². The monoisotopic (exact) mass is 289 g/mol. The van der Waals surface area contributed by atoms with Crippen molar-refractivity contribution in [2.24, 2.45) is 5.92 Å². The lowest BCUT2D eigenvalue weighted by atomic mass is 9.88. The van der Waals surface area contributed by atoms with Gasteiger partial charge in [-0.15, -0.1) is 0 Å². The molecule has 21 heavy (non-hydrogen) atoms. The molecular weight excluding hydrogens is 262 g/mol. The second kappa shape index (κ2) is 7.12. The quantitative estimate of drug-likeness (QED) is 0.904. The number of piperidine rings is 1. The van der Waals surface area contributed by atoms with Crippen molar-refractivity contribution >= 4 is 5.82 Å². The molecule has 4 nitrogen and oxygen atoms in total. The molecule has 0 aliphatic carbocycles. The van der Waals surface area contributed by atoms with Crippen LogP contribution >= 0.6 is 0 Å². The molecule has 3 rings (SSSR count). The number of pyridine rings is 1. The van der Waals surface area contributed by atoms with Crippen LogP contribution in [0.3, 0.4) is 0 Å². The molecule has 0 bridgehead atoms. The fraction of sp³-hybridized carbons (Fsp3) is 0.706. The van der Waals surface area contributed by atoms with Crippen molar-refractivity contribution in [1.82, 2.24) is 10.3 Å². The molecule has 1 aromatic rings. The molecule has 0 spiro atoms. The van der Waals surface area contributed by atoms with E-state index in [-0.39, 0.29) is 0 Å². The molecule has 2 aliphatic heterocycles. The van der Waals surface area contributed by atoms with Crippen molar-refractivity contribution < 1.29 is 4.74 Å². The van der Waals surface area contributed by atoms with Gasteiger partial charge >= 0.3 is 0 Å². The number of hydrogen-bond donors (Lipinski definition) is 1. The molecule has 2 fully saturated rings. The van der Waals surface area contributed by atoms with E-state index in [9.17, 15) is 0 Å². The molecule has 1 aromatic heterocycles. The van der Waals surface area contributed by atoms with E-state index in [0.29, 0.717) is 0 Å². The van der Waals surface area contributed by atoms with Crippen LogP contribution in [0.5, 0.6) is 5.75 Å². The molecule has 1 atom stereocenters. The lowest BCUT2D eigenvalue weighted by molar-refractivity contribution is 0.304. The Labute approximate surface area is 127 Å². The first kappa shape index (κ1) is 14.6. The minimum Gasteiger partial charge on any atom is -0.490 e. The first-order valence-electron chi connectivity index (χ1n) is 8.44. The van der Waals surface area contributed by atoms with Gasteiger partial charge in [-0.05, 0) is 56.7 Å². The van der Waals surface area contributed by atoms with Gasteiger partial charge in [0.2, 0.25) is 0 Å². The van der Waals surface area contributed by atoms with E-state index in [1.165, 1.54) is 32.2 Å². The van der Waals surface area contributed by atoms with Gasteiger partial charge in [0.15, 0.2) is 11.6 Å². The number of ether oxygens (including phenoxy) is 1. The average Bonchev–Trinajstić information content (AvgIpc) is 3.08. The largest absolute Gasteiger partial charge is 0.490 e. The first-order chi connectivity index (χ1) is 10.4. The van der Waals surface area contributed by atoms with Crippen LogP contribution in [-0.2, 0) is 0 Å². The molecule has 116 valence electrons. The lowest BCUT2D eigenvalue weighted by Crippen LogP contribution is -2.41. The maximum atomic E-state index is 5.85. The van der Waals surface area contributed by atoms with Crippen molar-refractivity contribution in [3.63, 3.8) is 0 Å². The highest BCUT2D eigenvalue weighted by atomic mass is 16.5. The third-order valence-electron chi connectivity index (χ3n) is 4.72. The van der Waals surface area contributed by atoms with Crippen LogP contribution in [0.2, 0.25) is 0 Å². The van der Waals surface area contributed by atoms with Crippen molar-refractivity contribution in [2.75, 3.05) is 31.1 Å². The minimum absolute atomic E-state index is 0.756. The third kappa shape index (κ3) is 3.49. The minimum atomic E-state index is 0.756. The summed E-state index contributed by atoms with van der Waals surface area (Å²) in [5.41, 5.74) is 0. The smallest absolute Gasteiger partial charge is 0.171 e. The van der Waals surface area contributed by atoms with Crippen molar-refractivity contribution in [2.45, 2.75) is 45.1 Å². The van der Waals surface area contributed by atoms with Crippen molar-refractivity contribution in [3.8, 4) is 5.75 Å². The van der Waals surface area contributed by atoms with E-state index in [1.54, 1.807) is 0 Å². The highest BCUT2D eigenvalue weighted by Crippen LogP contribution is 2.31. The Balaban J connectivity index is 1.61. The number of nitrogens with one attached hydrogen (secondary N) is 1. The molecule has 2 aliphatic rings. The highest BCUT2D eigenvalue weighted by Gasteiger charge is 2.29. The zero-order valence-electron chi connectivity index (χ0n) is 13.1. The van der Waals surface area contributed by atoms with Gasteiger partial charge in [-0.2, -0.15) is 0 Å². The van der Waals surface area contributed by atoms with E-state index in [2.05, 4.69) is 22.1 Å². The Morgan fingerprint density at radius 1 is 1.33 bits per heavy atom. The molecule has 0 radical (unpaired) electrons. The van der Waals surface area contributed by atoms with Gasteiger partial charge in [0, 0.05) is 25.3 Å². The summed E-state index contributed by atoms with van der Waals surface area (Å²) in [7, 11) is 0. The van der Waals surface area contributed by atoms with Gasteiger partial charge in [-0.25, -0.2) is 4.98 Å². The fourth-order valence-electron chi connectivity index (χ4n) is 3.57. The third-order valence-corrected chi connectivity index (χ3v) is 4.72. The Morgan fingerprint density at radius 3 is 2.90 bits per heavy atom. The van der Waals surface area contributed by atoms with E-state index in [0.717, 1.165) is 49.6 Å². The fourth-order valence-corrected chi connectivity index (χ4v) is 3.57. The number of nitrogens with zero attached hydrogens (tertiary/aromatic N) is 2. The van der Waals surface area contributed by atoms with Gasteiger partial charge in [0.05, 0.1) is 6.61 Å². The van der Waals surface area contributed by atoms with Crippen LogP contribution in [0, 0.1) is 5.92 Å². The van der Waals surface area contributed by atoms with Crippen LogP contribution < -0.4 is 15.0 Å². The molecule has 4 heteroatoms. The molecule has 0 aromatic carbocycles. The van der Waals surface area contributed by atoms with Gasteiger partial charge in [0.1, 0.15) is 0 Å². The summed E-state index contributed by atoms with van der Waals surface area (Å²) in [6.45, 7) is 6.31. The number of hydrogen-bond acceptors (Lipinski definition) is 4. The van der Waals surface area contributed by atoms with Gasteiger partial charge in [-0.1, -0.05) is 6.92 Å². The topological polar surface area (TPSA) is 37.4 Å². The predicted molar refractivity (Wildman–Crippen MR) is 86.0 cm³/mol. The summed E-state index contributed by atoms with van der Waals surface area (Å²) in [6, 6.07) is 4.76. The molecule has 2 saturated heterocycles. The summed E-state index contributed by atoms with van der Waals surface area (Å²) in [4.78, 5) is 6.96. The zero-order chi connectivity index (χ0) is 14.5. The Morgan fingerprint density at radius 2 is 2.19 bits per heavy atom. The highest BCUT2D eigenvalue weighted by molar-refractivity contribution is 5.52. The maximum absolute atomic E-state index is 5.85. The van der Waals surface area contributed by atoms with Crippen LogP contribution in [0.4, 0.5) is 5.82 Å². The van der Waals surface area contributed by atoms with Crippen LogP contribution in [0.15, 0.2) is 18.3 Å².